The number of rotatable bonds is 2. The molecule has 0 N–H and O–H groups in total. The number of anilines is 1. The fourth-order valence-corrected chi connectivity index (χ4v) is 2.53. The van der Waals surface area contributed by atoms with Crippen molar-refractivity contribution in [2.24, 2.45) is 0 Å². The van der Waals surface area contributed by atoms with Gasteiger partial charge in [0.15, 0.2) is 0 Å². The summed E-state index contributed by atoms with van der Waals surface area (Å²) >= 11 is 3.43. The zero-order valence-corrected chi connectivity index (χ0v) is 11.4. The highest BCUT2D eigenvalue weighted by Crippen LogP contribution is 2.21. The van der Waals surface area contributed by atoms with Crippen molar-refractivity contribution in [3.05, 3.63) is 22.3 Å². The molecule has 0 atom stereocenters. The second-order valence-corrected chi connectivity index (χ2v) is 5.13. The molecule has 0 spiro atoms. The van der Waals surface area contributed by atoms with Gasteiger partial charge in [-0.1, -0.05) is 0 Å². The summed E-state index contributed by atoms with van der Waals surface area (Å²) in [5.74, 6) is 1.06. The minimum atomic E-state index is 0.528. The Labute approximate surface area is 110 Å². The lowest BCUT2D eigenvalue weighted by Gasteiger charge is -2.34. The van der Waals surface area contributed by atoms with Gasteiger partial charge in [0.25, 0.3) is 0 Å². The van der Waals surface area contributed by atoms with Crippen LogP contribution < -0.4 is 4.90 Å². The molecule has 0 amide bonds. The van der Waals surface area contributed by atoms with Crippen LogP contribution in [0.4, 0.5) is 5.82 Å². The van der Waals surface area contributed by atoms with Crippen molar-refractivity contribution in [2.45, 2.75) is 6.92 Å². The predicted octanol–water partition coefficient (Wildman–Crippen LogP) is 1.80. The molecule has 2 heterocycles. The number of pyridine rings is 1. The van der Waals surface area contributed by atoms with E-state index in [1.807, 2.05) is 6.20 Å². The van der Waals surface area contributed by atoms with E-state index < -0.39 is 0 Å². The van der Waals surface area contributed by atoms with Gasteiger partial charge in [-0.25, -0.2) is 4.98 Å². The van der Waals surface area contributed by atoms with E-state index in [-0.39, 0.29) is 0 Å². The topological polar surface area (TPSA) is 43.2 Å². The van der Waals surface area contributed by atoms with E-state index in [1.54, 1.807) is 0 Å². The second-order valence-electron chi connectivity index (χ2n) is 4.22. The van der Waals surface area contributed by atoms with Crippen LogP contribution in [0.2, 0.25) is 0 Å². The Morgan fingerprint density at radius 3 is 2.71 bits per heavy atom. The number of piperazine rings is 1. The first-order chi connectivity index (χ1) is 8.20. The van der Waals surface area contributed by atoms with Crippen LogP contribution in [0.15, 0.2) is 16.7 Å². The van der Waals surface area contributed by atoms with Gasteiger partial charge in [0.1, 0.15) is 5.82 Å². The molecule has 0 saturated carbocycles. The van der Waals surface area contributed by atoms with Crippen LogP contribution in [-0.4, -0.2) is 42.6 Å². The standard InChI is InChI=1S/C12H15BrN4/c1-10-8-11(13)9-15-12(10)17-6-4-16(3-2-14)5-7-17/h8-9H,3-7H2,1H3. The fourth-order valence-electron chi connectivity index (χ4n) is 2.08. The van der Waals surface area contributed by atoms with Gasteiger partial charge in [0.05, 0.1) is 12.6 Å². The number of hydrogen-bond donors (Lipinski definition) is 0. The average Bonchev–Trinajstić information content (AvgIpc) is 2.31. The minimum absolute atomic E-state index is 0.528. The van der Waals surface area contributed by atoms with E-state index in [9.17, 15) is 0 Å². The number of hydrogen-bond acceptors (Lipinski definition) is 4. The Hall–Kier alpha value is -1.12. The molecular weight excluding hydrogens is 280 g/mol. The smallest absolute Gasteiger partial charge is 0.131 e. The molecule has 1 aliphatic rings. The van der Waals surface area contributed by atoms with Crippen LogP contribution in [-0.2, 0) is 0 Å². The van der Waals surface area contributed by atoms with Gasteiger partial charge < -0.3 is 4.90 Å². The largest absolute Gasteiger partial charge is 0.354 e. The maximum atomic E-state index is 8.65. The van der Waals surface area contributed by atoms with Crippen LogP contribution in [0.25, 0.3) is 0 Å². The Morgan fingerprint density at radius 2 is 2.12 bits per heavy atom. The quantitative estimate of drug-likeness (QED) is 0.780. The molecule has 0 radical (unpaired) electrons. The van der Waals surface area contributed by atoms with Gasteiger partial charge in [0, 0.05) is 36.8 Å². The molecule has 0 unspecified atom stereocenters. The first kappa shape index (κ1) is 12.3. The molecule has 0 aromatic carbocycles. The van der Waals surface area contributed by atoms with E-state index in [4.69, 9.17) is 5.26 Å². The summed E-state index contributed by atoms with van der Waals surface area (Å²) in [6.07, 6.45) is 1.84. The SMILES string of the molecule is Cc1cc(Br)cnc1N1CCN(CC#N)CC1. The van der Waals surface area contributed by atoms with E-state index in [1.165, 1.54) is 5.56 Å². The van der Waals surface area contributed by atoms with Crippen molar-refractivity contribution in [1.82, 2.24) is 9.88 Å². The van der Waals surface area contributed by atoms with Gasteiger partial charge in [-0.3, -0.25) is 4.90 Å². The number of nitrogens with zero attached hydrogens (tertiary/aromatic N) is 4. The van der Waals surface area contributed by atoms with Gasteiger partial charge >= 0.3 is 0 Å². The number of nitriles is 1. The van der Waals surface area contributed by atoms with Crippen molar-refractivity contribution >= 4 is 21.7 Å². The summed E-state index contributed by atoms with van der Waals surface area (Å²) in [4.78, 5) is 8.93. The van der Waals surface area contributed by atoms with Crippen molar-refractivity contribution < 1.29 is 0 Å². The third-order valence-electron chi connectivity index (χ3n) is 2.98. The van der Waals surface area contributed by atoms with Gasteiger partial charge in [-0.2, -0.15) is 5.26 Å². The number of aryl methyl sites for hydroxylation is 1. The normalized spacial score (nSPS) is 16.9. The van der Waals surface area contributed by atoms with Crippen LogP contribution >= 0.6 is 15.9 Å². The van der Waals surface area contributed by atoms with Crippen molar-refractivity contribution in [1.29, 1.82) is 5.26 Å². The minimum Gasteiger partial charge on any atom is -0.354 e. The maximum absolute atomic E-state index is 8.65. The summed E-state index contributed by atoms with van der Waals surface area (Å²) in [6.45, 7) is 6.36. The molecule has 0 bridgehead atoms. The van der Waals surface area contributed by atoms with Gasteiger partial charge in [0.2, 0.25) is 0 Å². The summed E-state index contributed by atoms with van der Waals surface area (Å²) in [5.41, 5.74) is 1.19. The van der Waals surface area contributed by atoms with Crippen molar-refractivity contribution in [3.8, 4) is 6.07 Å². The Balaban J connectivity index is 2.03. The summed E-state index contributed by atoms with van der Waals surface area (Å²) < 4.78 is 1.02. The summed E-state index contributed by atoms with van der Waals surface area (Å²) in [6, 6.07) is 4.28. The first-order valence-electron chi connectivity index (χ1n) is 5.67. The molecule has 2 rings (SSSR count). The van der Waals surface area contributed by atoms with E-state index in [0.717, 1.165) is 36.5 Å². The molecule has 1 saturated heterocycles. The molecule has 5 heteroatoms. The van der Waals surface area contributed by atoms with E-state index in [0.29, 0.717) is 6.54 Å². The Kier molecular flexibility index (Phi) is 3.97. The molecule has 1 aromatic heterocycles. The number of halogens is 1. The highest BCUT2D eigenvalue weighted by molar-refractivity contribution is 9.10. The Bertz CT molecular complexity index is 433. The zero-order valence-electron chi connectivity index (χ0n) is 9.86. The zero-order chi connectivity index (χ0) is 12.3. The lowest BCUT2D eigenvalue weighted by atomic mass is 10.2. The van der Waals surface area contributed by atoms with Gasteiger partial charge in [-0.15, -0.1) is 0 Å². The first-order valence-corrected chi connectivity index (χ1v) is 6.46. The third kappa shape index (κ3) is 2.96. The lowest BCUT2D eigenvalue weighted by Crippen LogP contribution is -2.46. The maximum Gasteiger partial charge on any atom is 0.131 e. The van der Waals surface area contributed by atoms with Crippen LogP contribution in [0.1, 0.15) is 5.56 Å². The Morgan fingerprint density at radius 1 is 1.41 bits per heavy atom. The molecule has 1 aliphatic heterocycles. The average molecular weight is 295 g/mol. The predicted molar refractivity (Wildman–Crippen MR) is 70.9 cm³/mol. The van der Waals surface area contributed by atoms with E-state index >= 15 is 0 Å². The highest BCUT2D eigenvalue weighted by atomic mass is 79.9. The second kappa shape index (κ2) is 5.48. The molecule has 1 fully saturated rings. The van der Waals surface area contributed by atoms with Crippen LogP contribution in [0, 0.1) is 18.3 Å². The van der Waals surface area contributed by atoms with Crippen LogP contribution in [0.3, 0.4) is 0 Å². The van der Waals surface area contributed by atoms with E-state index in [2.05, 4.69) is 49.8 Å². The molecule has 1 aromatic rings. The number of aromatic nitrogens is 1. The molecule has 0 aliphatic carbocycles. The third-order valence-corrected chi connectivity index (χ3v) is 3.42. The molecule has 4 nitrogen and oxygen atoms in total. The van der Waals surface area contributed by atoms with Gasteiger partial charge in [-0.05, 0) is 34.5 Å². The van der Waals surface area contributed by atoms with Crippen LogP contribution in [0.5, 0.6) is 0 Å². The summed E-state index contributed by atoms with van der Waals surface area (Å²) in [7, 11) is 0. The lowest BCUT2D eigenvalue weighted by molar-refractivity contribution is 0.286. The fraction of sp³-hybridized carbons (Fsp3) is 0.500. The molecular formula is C12H15BrN4. The molecule has 90 valence electrons. The highest BCUT2D eigenvalue weighted by Gasteiger charge is 2.18. The van der Waals surface area contributed by atoms with Crippen molar-refractivity contribution in [3.63, 3.8) is 0 Å². The monoisotopic (exact) mass is 294 g/mol. The molecule has 17 heavy (non-hydrogen) atoms. The van der Waals surface area contributed by atoms with Crippen molar-refractivity contribution in [2.75, 3.05) is 37.6 Å². The summed E-state index contributed by atoms with van der Waals surface area (Å²) in [5, 5.41) is 8.65.